The van der Waals surface area contributed by atoms with E-state index in [1.165, 1.54) is 5.56 Å². The third-order valence-electron chi connectivity index (χ3n) is 4.70. The van der Waals surface area contributed by atoms with Gasteiger partial charge in [0.25, 0.3) is 0 Å². The van der Waals surface area contributed by atoms with E-state index in [1.54, 1.807) is 0 Å². The van der Waals surface area contributed by atoms with Gasteiger partial charge in [0, 0.05) is 19.4 Å². The maximum Gasteiger partial charge on any atom is 0.140 e. The van der Waals surface area contributed by atoms with E-state index in [0.29, 0.717) is 12.8 Å². The molecule has 1 aromatic rings. The van der Waals surface area contributed by atoms with Crippen LogP contribution in [0.2, 0.25) is 0 Å². The van der Waals surface area contributed by atoms with Crippen LogP contribution in [0.4, 0.5) is 0 Å². The maximum atomic E-state index is 11.7. The highest BCUT2D eigenvalue weighted by Gasteiger charge is 2.41. The Labute approximate surface area is 120 Å². The summed E-state index contributed by atoms with van der Waals surface area (Å²) in [6.07, 6.45) is 3.39. The molecular weight excluding hydrogens is 250 g/mol. The van der Waals surface area contributed by atoms with Crippen molar-refractivity contribution in [1.29, 1.82) is 0 Å². The summed E-state index contributed by atoms with van der Waals surface area (Å²) in [5.74, 6) is 0.301. The van der Waals surface area contributed by atoms with Gasteiger partial charge in [0.1, 0.15) is 11.6 Å². The quantitative estimate of drug-likeness (QED) is 0.776. The Morgan fingerprint density at radius 2 is 1.55 bits per heavy atom. The Morgan fingerprint density at radius 3 is 2.15 bits per heavy atom. The number of hydrogen-bond donors (Lipinski definition) is 0. The van der Waals surface area contributed by atoms with E-state index in [1.807, 2.05) is 6.07 Å². The predicted molar refractivity (Wildman–Crippen MR) is 77.3 cm³/mol. The van der Waals surface area contributed by atoms with Crippen molar-refractivity contribution < 1.29 is 9.59 Å². The van der Waals surface area contributed by atoms with E-state index in [9.17, 15) is 9.59 Å². The van der Waals surface area contributed by atoms with Crippen LogP contribution in [0.5, 0.6) is 0 Å². The molecule has 1 aliphatic heterocycles. The fourth-order valence-electron chi connectivity index (χ4n) is 3.62. The molecule has 0 bridgehead atoms. The zero-order chi connectivity index (χ0) is 14.0. The van der Waals surface area contributed by atoms with Crippen molar-refractivity contribution in [3.8, 4) is 0 Å². The highest BCUT2D eigenvalue weighted by Crippen LogP contribution is 2.42. The molecule has 0 amide bonds. The summed E-state index contributed by atoms with van der Waals surface area (Å²) in [5, 5.41) is 0. The molecule has 2 fully saturated rings. The van der Waals surface area contributed by atoms with Crippen molar-refractivity contribution >= 4 is 11.6 Å². The van der Waals surface area contributed by atoms with Crippen LogP contribution < -0.4 is 0 Å². The number of likely N-dealkylation sites (tertiary alicyclic amines) is 1. The Morgan fingerprint density at radius 1 is 0.950 bits per heavy atom. The van der Waals surface area contributed by atoms with Gasteiger partial charge in [-0.3, -0.25) is 14.5 Å². The van der Waals surface area contributed by atoms with Gasteiger partial charge in [-0.25, -0.2) is 0 Å². The minimum Gasteiger partial charge on any atom is -0.299 e. The minimum absolute atomic E-state index is 0.0143. The Balaban J connectivity index is 1.59. The summed E-state index contributed by atoms with van der Waals surface area (Å²) in [6.45, 7) is 2.96. The number of carbonyl (C=O) groups is 2. The zero-order valence-corrected chi connectivity index (χ0v) is 11.8. The summed E-state index contributed by atoms with van der Waals surface area (Å²) in [4.78, 5) is 25.8. The van der Waals surface area contributed by atoms with Crippen LogP contribution in [0.15, 0.2) is 30.3 Å². The molecule has 3 heteroatoms. The predicted octanol–water partition coefficient (Wildman–Crippen LogP) is 2.59. The first-order valence-corrected chi connectivity index (χ1v) is 7.45. The number of hydrogen-bond acceptors (Lipinski definition) is 3. The maximum absolute atomic E-state index is 11.7. The second-order valence-electron chi connectivity index (χ2n) is 6.37. The summed E-state index contributed by atoms with van der Waals surface area (Å²) in [5.41, 5.74) is 1.32. The van der Waals surface area contributed by atoms with Gasteiger partial charge in [0.2, 0.25) is 0 Å². The molecule has 1 heterocycles. The number of benzene rings is 1. The van der Waals surface area contributed by atoms with Crippen LogP contribution in [0.3, 0.4) is 0 Å². The topological polar surface area (TPSA) is 37.4 Å². The number of rotatable bonds is 2. The van der Waals surface area contributed by atoms with Crippen molar-refractivity contribution in [2.45, 2.75) is 38.6 Å². The standard InChI is InChI=1S/C17H21NO2/c19-15-10-16(20)12-17(11-15)6-8-18(9-7-17)13-14-4-2-1-3-5-14/h1-5H,6-13H2. The molecule has 1 saturated heterocycles. The Kier molecular flexibility index (Phi) is 3.70. The van der Waals surface area contributed by atoms with Crippen LogP contribution in [-0.4, -0.2) is 29.6 Å². The second kappa shape index (κ2) is 5.49. The van der Waals surface area contributed by atoms with Gasteiger partial charge < -0.3 is 0 Å². The average Bonchev–Trinajstić information content (AvgIpc) is 2.42. The van der Waals surface area contributed by atoms with Crippen LogP contribution in [0, 0.1) is 5.41 Å². The lowest BCUT2D eigenvalue weighted by molar-refractivity contribution is -0.135. The van der Waals surface area contributed by atoms with Gasteiger partial charge in [-0.15, -0.1) is 0 Å². The van der Waals surface area contributed by atoms with Crippen LogP contribution in [0.1, 0.15) is 37.7 Å². The highest BCUT2D eigenvalue weighted by atomic mass is 16.1. The lowest BCUT2D eigenvalue weighted by atomic mass is 9.67. The van der Waals surface area contributed by atoms with Crippen LogP contribution >= 0.6 is 0 Å². The third-order valence-corrected chi connectivity index (χ3v) is 4.70. The first-order valence-electron chi connectivity index (χ1n) is 7.45. The number of carbonyl (C=O) groups excluding carboxylic acids is 2. The highest BCUT2D eigenvalue weighted by molar-refractivity contribution is 6.02. The Hall–Kier alpha value is -1.48. The van der Waals surface area contributed by atoms with Crippen LogP contribution in [0.25, 0.3) is 0 Å². The number of piperidine rings is 1. The monoisotopic (exact) mass is 271 g/mol. The van der Waals surface area contributed by atoms with Gasteiger partial charge in [-0.1, -0.05) is 30.3 Å². The van der Waals surface area contributed by atoms with E-state index in [4.69, 9.17) is 0 Å². The van der Waals surface area contributed by atoms with E-state index in [2.05, 4.69) is 29.2 Å². The summed E-state index contributed by atoms with van der Waals surface area (Å²) in [7, 11) is 0. The van der Waals surface area contributed by atoms with Gasteiger partial charge >= 0.3 is 0 Å². The van der Waals surface area contributed by atoms with Crippen molar-refractivity contribution in [3.63, 3.8) is 0 Å². The average molecular weight is 271 g/mol. The lowest BCUT2D eigenvalue weighted by Crippen LogP contribution is -2.44. The first-order chi connectivity index (χ1) is 9.65. The van der Waals surface area contributed by atoms with Crippen molar-refractivity contribution in [3.05, 3.63) is 35.9 Å². The molecule has 1 spiro atoms. The van der Waals surface area contributed by atoms with Gasteiger partial charge in [-0.05, 0) is 36.9 Å². The summed E-state index contributed by atoms with van der Waals surface area (Å²) in [6, 6.07) is 10.5. The molecule has 106 valence electrons. The molecule has 0 radical (unpaired) electrons. The molecule has 3 nitrogen and oxygen atoms in total. The van der Waals surface area contributed by atoms with Crippen molar-refractivity contribution in [1.82, 2.24) is 4.90 Å². The van der Waals surface area contributed by atoms with E-state index < -0.39 is 0 Å². The molecule has 0 unspecified atom stereocenters. The third kappa shape index (κ3) is 2.98. The molecular formula is C17H21NO2. The first kappa shape index (κ1) is 13.5. The molecule has 1 saturated carbocycles. The van der Waals surface area contributed by atoms with E-state index in [0.717, 1.165) is 32.5 Å². The van der Waals surface area contributed by atoms with Gasteiger partial charge in [-0.2, -0.15) is 0 Å². The van der Waals surface area contributed by atoms with Gasteiger partial charge in [0.15, 0.2) is 0 Å². The summed E-state index contributed by atoms with van der Waals surface area (Å²) < 4.78 is 0. The molecule has 0 N–H and O–H groups in total. The SMILES string of the molecule is O=C1CC(=O)CC2(CCN(Cc3ccccc3)CC2)C1. The van der Waals surface area contributed by atoms with E-state index in [-0.39, 0.29) is 23.4 Å². The Bertz CT molecular complexity index is 483. The second-order valence-corrected chi connectivity index (χ2v) is 6.37. The molecule has 3 rings (SSSR count). The normalized spacial score (nSPS) is 23.2. The van der Waals surface area contributed by atoms with E-state index >= 15 is 0 Å². The lowest BCUT2D eigenvalue weighted by Gasteiger charge is -2.43. The fourth-order valence-corrected chi connectivity index (χ4v) is 3.62. The zero-order valence-electron chi connectivity index (χ0n) is 11.8. The largest absolute Gasteiger partial charge is 0.299 e. The molecule has 0 aromatic heterocycles. The van der Waals surface area contributed by atoms with Gasteiger partial charge in [0.05, 0.1) is 6.42 Å². The number of Topliss-reactive ketones (excluding diaryl/α,β-unsaturated/α-hetero) is 2. The summed E-state index contributed by atoms with van der Waals surface area (Å²) >= 11 is 0. The molecule has 1 aliphatic carbocycles. The smallest absolute Gasteiger partial charge is 0.140 e. The number of ketones is 2. The molecule has 1 aromatic carbocycles. The molecule has 0 atom stereocenters. The van der Waals surface area contributed by atoms with Crippen LogP contribution in [-0.2, 0) is 16.1 Å². The van der Waals surface area contributed by atoms with Crippen molar-refractivity contribution in [2.75, 3.05) is 13.1 Å². The molecule has 2 aliphatic rings. The number of nitrogens with zero attached hydrogens (tertiary/aromatic N) is 1. The van der Waals surface area contributed by atoms with Crippen molar-refractivity contribution in [2.24, 2.45) is 5.41 Å². The fraction of sp³-hybridized carbons (Fsp3) is 0.529. The molecule has 20 heavy (non-hydrogen) atoms. The minimum atomic E-state index is -0.0143.